The summed E-state index contributed by atoms with van der Waals surface area (Å²) in [6.45, 7) is 4.42. The lowest BCUT2D eigenvalue weighted by Gasteiger charge is -2.26. The normalized spacial score (nSPS) is 20.7. The number of nitrogens with one attached hydrogen (secondary N) is 1. The Bertz CT molecular complexity index is 974. The van der Waals surface area contributed by atoms with Gasteiger partial charge in [0.15, 0.2) is 6.73 Å². The number of fused-ring (bicyclic) bond motifs is 1. The molecule has 2 heterocycles. The van der Waals surface area contributed by atoms with E-state index in [1.54, 1.807) is 39.0 Å². The Kier molecular flexibility index (Phi) is 5.20. The highest BCUT2D eigenvalue weighted by molar-refractivity contribution is 6.10. The lowest BCUT2D eigenvalue weighted by Crippen LogP contribution is -2.54. The van der Waals surface area contributed by atoms with Gasteiger partial charge in [-0.2, -0.15) is 0 Å². The molecule has 4 amide bonds. The number of hydrogen-bond acceptors (Lipinski definition) is 6. The van der Waals surface area contributed by atoms with Gasteiger partial charge < -0.3 is 19.7 Å². The van der Waals surface area contributed by atoms with Crippen molar-refractivity contribution in [3.63, 3.8) is 0 Å². The van der Waals surface area contributed by atoms with Gasteiger partial charge >= 0.3 is 12.0 Å². The minimum atomic E-state index is -1.74. The van der Waals surface area contributed by atoms with Crippen LogP contribution in [0.1, 0.15) is 36.7 Å². The molecule has 3 rings (SSSR count). The van der Waals surface area contributed by atoms with Gasteiger partial charge in [-0.3, -0.25) is 14.4 Å². The fourth-order valence-electron chi connectivity index (χ4n) is 3.21. The van der Waals surface area contributed by atoms with E-state index in [4.69, 9.17) is 15.9 Å². The van der Waals surface area contributed by atoms with Gasteiger partial charge in [-0.25, -0.2) is 9.69 Å². The van der Waals surface area contributed by atoms with Crippen LogP contribution in [0.2, 0.25) is 0 Å². The van der Waals surface area contributed by atoms with Gasteiger partial charge in [0.05, 0.1) is 19.1 Å². The van der Waals surface area contributed by atoms with Crippen molar-refractivity contribution in [2.75, 3.05) is 20.4 Å². The first-order valence-corrected chi connectivity index (χ1v) is 9.27. The van der Waals surface area contributed by atoms with Crippen molar-refractivity contribution in [2.24, 2.45) is 5.41 Å². The van der Waals surface area contributed by atoms with Crippen LogP contribution in [0.15, 0.2) is 18.2 Å². The van der Waals surface area contributed by atoms with Crippen molar-refractivity contribution in [1.82, 2.24) is 15.1 Å². The topological polar surface area (TPSA) is 105 Å². The molecule has 1 N–H and O–H groups in total. The molecule has 0 saturated carbocycles. The predicted octanol–water partition coefficient (Wildman–Crippen LogP) is 1.12. The molecule has 1 fully saturated rings. The Morgan fingerprint density at radius 2 is 2.00 bits per heavy atom. The first-order chi connectivity index (χ1) is 14.0. The number of imide groups is 1. The van der Waals surface area contributed by atoms with E-state index in [2.05, 4.69) is 11.2 Å². The zero-order chi connectivity index (χ0) is 22.3. The highest BCUT2D eigenvalue weighted by Gasteiger charge is 2.53. The number of methoxy groups -OCH3 is 1. The third kappa shape index (κ3) is 3.56. The van der Waals surface area contributed by atoms with Crippen molar-refractivity contribution in [2.45, 2.75) is 32.9 Å². The summed E-state index contributed by atoms with van der Waals surface area (Å²) < 4.78 is 10.2. The number of amides is 4. The smallest absolute Gasteiger partial charge is 0.328 e. The Balaban J connectivity index is 1.76. The molecule has 0 spiro atoms. The number of benzene rings is 1. The van der Waals surface area contributed by atoms with Gasteiger partial charge in [0.1, 0.15) is 5.75 Å². The predicted molar refractivity (Wildman–Crippen MR) is 105 cm³/mol. The molecule has 0 radical (unpaired) electrons. The number of hydrogen-bond donors (Lipinski definition) is 1. The van der Waals surface area contributed by atoms with E-state index in [0.717, 1.165) is 10.5 Å². The van der Waals surface area contributed by atoms with Crippen molar-refractivity contribution < 1.29 is 28.7 Å². The monoisotopic (exact) mass is 413 g/mol. The average molecular weight is 413 g/mol. The summed E-state index contributed by atoms with van der Waals surface area (Å²) in [5.41, 5.74) is -1.32. The minimum Gasteiger partial charge on any atom is -0.497 e. The quantitative estimate of drug-likeness (QED) is 0.441. The number of carbonyl (C=O) groups excluding carboxylic acids is 4. The van der Waals surface area contributed by atoms with Crippen LogP contribution in [0.3, 0.4) is 0 Å². The van der Waals surface area contributed by atoms with Gasteiger partial charge in [0.25, 0.3) is 11.8 Å². The molecule has 1 aromatic carbocycles. The Morgan fingerprint density at radius 3 is 2.60 bits per heavy atom. The molecular weight excluding hydrogens is 390 g/mol. The fourth-order valence-corrected chi connectivity index (χ4v) is 3.21. The standard InChI is InChI=1S/C21H23N3O6/c1-6-21(11-23-10-13-7-8-14(29-5)9-15(13)16(23)25)17(26)24(19(28)22-21)12-30-18(27)20(2,3)4/h1,7-9H,10-12H2,2-5H3,(H,22,28)/t21-/m1/s1. The zero-order valence-corrected chi connectivity index (χ0v) is 17.3. The summed E-state index contributed by atoms with van der Waals surface area (Å²) in [5, 5.41) is 2.47. The Hall–Kier alpha value is -3.54. The molecule has 0 bridgehead atoms. The fraction of sp³-hybridized carbons (Fsp3) is 0.429. The maximum atomic E-state index is 12.9. The first-order valence-electron chi connectivity index (χ1n) is 9.27. The lowest BCUT2D eigenvalue weighted by molar-refractivity contribution is -0.158. The molecule has 2 aliphatic rings. The van der Waals surface area contributed by atoms with Crippen LogP contribution in [0.25, 0.3) is 0 Å². The number of nitrogens with zero attached hydrogens (tertiary/aromatic N) is 2. The van der Waals surface area contributed by atoms with Gasteiger partial charge in [0, 0.05) is 12.1 Å². The molecule has 0 unspecified atom stereocenters. The largest absolute Gasteiger partial charge is 0.497 e. The van der Waals surface area contributed by atoms with E-state index >= 15 is 0 Å². The van der Waals surface area contributed by atoms with Crippen molar-refractivity contribution in [1.29, 1.82) is 0 Å². The molecule has 9 heteroatoms. The Morgan fingerprint density at radius 1 is 1.30 bits per heavy atom. The molecule has 0 aromatic heterocycles. The van der Waals surface area contributed by atoms with Crippen molar-refractivity contribution in [3.05, 3.63) is 29.3 Å². The van der Waals surface area contributed by atoms with Crippen LogP contribution in [-0.2, 0) is 20.9 Å². The van der Waals surface area contributed by atoms with E-state index in [1.165, 1.54) is 12.0 Å². The van der Waals surface area contributed by atoms with E-state index in [1.807, 2.05) is 0 Å². The van der Waals surface area contributed by atoms with Gasteiger partial charge in [-0.05, 0) is 38.5 Å². The first kappa shape index (κ1) is 21.2. The van der Waals surface area contributed by atoms with E-state index in [9.17, 15) is 19.2 Å². The molecule has 30 heavy (non-hydrogen) atoms. The summed E-state index contributed by atoms with van der Waals surface area (Å²) in [5.74, 6) is 1.21. The summed E-state index contributed by atoms with van der Waals surface area (Å²) in [6, 6.07) is 4.33. The molecule has 1 atom stereocenters. The summed E-state index contributed by atoms with van der Waals surface area (Å²) >= 11 is 0. The maximum Gasteiger partial charge on any atom is 0.328 e. The van der Waals surface area contributed by atoms with Gasteiger partial charge in [-0.1, -0.05) is 12.0 Å². The van der Waals surface area contributed by atoms with Crippen LogP contribution in [0, 0.1) is 17.8 Å². The van der Waals surface area contributed by atoms with Gasteiger partial charge in [0.2, 0.25) is 5.54 Å². The number of urea groups is 1. The van der Waals surface area contributed by atoms with Crippen LogP contribution in [0.5, 0.6) is 5.75 Å². The third-order valence-electron chi connectivity index (χ3n) is 4.98. The summed E-state index contributed by atoms with van der Waals surface area (Å²) in [4.78, 5) is 52.2. The summed E-state index contributed by atoms with van der Waals surface area (Å²) in [6.07, 6.45) is 5.61. The summed E-state index contributed by atoms with van der Waals surface area (Å²) in [7, 11) is 1.50. The zero-order valence-electron chi connectivity index (χ0n) is 17.3. The van der Waals surface area contributed by atoms with Gasteiger partial charge in [-0.15, -0.1) is 6.42 Å². The lowest BCUT2D eigenvalue weighted by atomic mass is 9.97. The molecule has 9 nitrogen and oxygen atoms in total. The second-order valence-electron chi connectivity index (χ2n) is 8.21. The highest BCUT2D eigenvalue weighted by atomic mass is 16.5. The number of esters is 1. The molecule has 158 valence electrons. The molecule has 1 saturated heterocycles. The van der Waals surface area contributed by atoms with E-state index in [-0.39, 0.29) is 19.0 Å². The number of ether oxygens (including phenoxy) is 2. The van der Waals surface area contributed by atoms with Crippen molar-refractivity contribution >= 4 is 23.8 Å². The second-order valence-corrected chi connectivity index (χ2v) is 8.21. The number of carbonyl (C=O) groups is 4. The Labute approximate surface area is 174 Å². The highest BCUT2D eigenvalue weighted by Crippen LogP contribution is 2.29. The minimum absolute atomic E-state index is 0.215. The molecular formula is C21H23N3O6. The van der Waals surface area contributed by atoms with Crippen LogP contribution >= 0.6 is 0 Å². The van der Waals surface area contributed by atoms with Crippen molar-refractivity contribution in [3.8, 4) is 18.1 Å². The van der Waals surface area contributed by atoms with E-state index < -0.39 is 35.6 Å². The van der Waals surface area contributed by atoms with E-state index in [0.29, 0.717) is 11.3 Å². The average Bonchev–Trinajstić information content (AvgIpc) is 3.13. The maximum absolute atomic E-state index is 12.9. The van der Waals surface area contributed by atoms with Crippen LogP contribution in [-0.4, -0.2) is 59.5 Å². The van der Waals surface area contributed by atoms with Crippen LogP contribution in [0.4, 0.5) is 4.79 Å². The SMILES string of the molecule is C#C[C@]1(CN2Cc3ccc(OC)cc3C2=O)NC(=O)N(COC(=O)C(C)(C)C)C1=O. The molecule has 2 aliphatic heterocycles. The molecule has 0 aliphatic carbocycles. The second kappa shape index (κ2) is 7.37. The number of rotatable bonds is 5. The molecule has 1 aromatic rings. The number of terminal acetylenes is 1. The van der Waals surface area contributed by atoms with Crippen LogP contribution < -0.4 is 10.1 Å². The third-order valence-corrected chi connectivity index (χ3v) is 4.98.